The third-order valence-corrected chi connectivity index (χ3v) is 4.94. The number of nitrogens with one attached hydrogen (secondary N) is 1. The van der Waals surface area contributed by atoms with Crippen LogP contribution in [-0.4, -0.2) is 76.6 Å². The van der Waals surface area contributed by atoms with Crippen molar-refractivity contribution in [2.24, 2.45) is 13.0 Å². The summed E-state index contributed by atoms with van der Waals surface area (Å²) in [7, 11) is 1.87. The lowest BCUT2D eigenvalue weighted by molar-refractivity contribution is 0.179. The van der Waals surface area contributed by atoms with Gasteiger partial charge in [0, 0.05) is 52.3 Å². The summed E-state index contributed by atoms with van der Waals surface area (Å²) in [4.78, 5) is 25.1. The van der Waals surface area contributed by atoms with Crippen molar-refractivity contribution >= 4 is 22.9 Å². The molecule has 0 spiro atoms. The van der Waals surface area contributed by atoms with Crippen LogP contribution in [0.4, 0.5) is 10.6 Å². The maximum atomic E-state index is 12.3. The van der Waals surface area contributed by atoms with Crippen molar-refractivity contribution in [2.75, 3.05) is 50.8 Å². The van der Waals surface area contributed by atoms with E-state index in [1.807, 2.05) is 11.9 Å². The van der Waals surface area contributed by atoms with E-state index < -0.39 is 0 Å². The van der Waals surface area contributed by atoms with Gasteiger partial charge in [0.05, 0.1) is 18.2 Å². The Morgan fingerprint density at radius 2 is 2.16 bits per heavy atom. The van der Waals surface area contributed by atoms with Gasteiger partial charge in [0.15, 0.2) is 5.65 Å². The highest BCUT2D eigenvalue weighted by Crippen LogP contribution is 2.23. The van der Waals surface area contributed by atoms with Gasteiger partial charge < -0.3 is 19.9 Å². The fourth-order valence-electron chi connectivity index (χ4n) is 3.41. The number of nitrogens with zero attached hydrogens (tertiary/aromatic N) is 6. The second-order valence-electron chi connectivity index (χ2n) is 6.59. The number of aromatic nitrogens is 4. The van der Waals surface area contributed by atoms with Crippen LogP contribution < -0.4 is 10.2 Å². The molecule has 4 rings (SSSR count). The summed E-state index contributed by atoms with van der Waals surface area (Å²) in [6, 6.07) is 0.0146. The Bertz CT molecular complexity index is 748. The molecule has 1 unspecified atom stereocenters. The molecule has 2 saturated heterocycles. The minimum atomic E-state index is 0.0146. The third kappa shape index (κ3) is 3.23. The van der Waals surface area contributed by atoms with Crippen molar-refractivity contribution in [3.05, 3.63) is 12.5 Å². The van der Waals surface area contributed by atoms with E-state index >= 15 is 0 Å². The molecule has 2 aromatic rings. The molecule has 2 aliphatic heterocycles. The average molecular weight is 345 g/mol. The number of carbonyl (C=O) groups is 1. The van der Waals surface area contributed by atoms with Crippen LogP contribution >= 0.6 is 0 Å². The van der Waals surface area contributed by atoms with E-state index in [0.29, 0.717) is 25.6 Å². The predicted molar refractivity (Wildman–Crippen MR) is 92.4 cm³/mol. The normalized spacial score (nSPS) is 21.1. The van der Waals surface area contributed by atoms with Crippen LogP contribution in [0.2, 0.25) is 0 Å². The van der Waals surface area contributed by atoms with Crippen molar-refractivity contribution < 1.29 is 9.53 Å². The number of hydrogen-bond donors (Lipinski definition) is 1. The van der Waals surface area contributed by atoms with Gasteiger partial charge >= 0.3 is 6.03 Å². The monoisotopic (exact) mass is 345 g/mol. The topological polar surface area (TPSA) is 88.4 Å². The largest absolute Gasteiger partial charge is 0.381 e. The van der Waals surface area contributed by atoms with Crippen molar-refractivity contribution in [3.63, 3.8) is 0 Å². The first-order valence-electron chi connectivity index (χ1n) is 8.70. The molecule has 1 atom stereocenters. The zero-order chi connectivity index (χ0) is 17.2. The van der Waals surface area contributed by atoms with Crippen molar-refractivity contribution in [3.8, 4) is 0 Å². The van der Waals surface area contributed by atoms with Crippen LogP contribution in [0, 0.1) is 5.92 Å². The highest BCUT2D eigenvalue weighted by Gasteiger charge is 2.24. The van der Waals surface area contributed by atoms with Gasteiger partial charge in [-0.15, -0.1) is 0 Å². The summed E-state index contributed by atoms with van der Waals surface area (Å²) in [5.74, 6) is 1.34. The first kappa shape index (κ1) is 16.1. The van der Waals surface area contributed by atoms with Crippen LogP contribution in [0.5, 0.6) is 0 Å². The maximum absolute atomic E-state index is 12.3. The summed E-state index contributed by atoms with van der Waals surface area (Å²) >= 11 is 0. The summed E-state index contributed by atoms with van der Waals surface area (Å²) in [5.41, 5.74) is 0.823. The SMILES string of the molecule is Cn1ncc2c(N3CCN(C(=O)NCC4CCOC4)CC3)ncnc21. The summed E-state index contributed by atoms with van der Waals surface area (Å²) in [6.07, 6.45) is 4.40. The number of fused-ring (bicyclic) bond motifs is 1. The fraction of sp³-hybridized carbons (Fsp3) is 0.625. The van der Waals surface area contributed by atoms with Crippen LogP contribution in [0.1, 0.15) is 6.42 Å². The number of urea groups is 1. The molecule has 9 heteroatoms. The van der Waals surface area contributed by atoms with Gasteiger partial charge in [0.2, 0.25) is 0 Å². The quantitative estimate of drug-likeness (QED) is 0.857. The van der Waals surface area contributed by atoms with E-state index in [1.165, 1.54) is 0 Å². The van der Waals surface area contributed by atoms with Crippen LogP contribution in [-0.2, 0) is 11.8 Å². The summed E-state index contributed by atoms with van der Waals surface area (Å²) < 4.78 is 7.09. The molecule has 1 N–H and O–H groups in total. The minimum absolute atomic E-state index is 0.0146. The Labute approximate surface area is 146 Å². The van der Waals surface area contributed by atoms with E-state index in [1.54, 1.807) is 17.2 Å². The molecular formula is C16H23N7O2. The first-order chi connectivity index (χ1) is 12.2. The average Bonchev–Trinajstić information content (AvgIpc) is 3.30. The van der Waals surface area contributed by atoms with E-state index in [4.69, 9.17) is 4.74 Å². The van der Waals surface area contributed by atoms with Crippen LogP contribution in [0.25, 0.3) is 11.0 Å². The molecule has 2 aromatic heterocycles. The van der Waals surface area contributed by atoms with E-state index in [9.17, 15) is 4.79 Å². The molecule has 134 valence electrons. The second kappa shape index (κ2) is 6.83. The molecule has 0 radical (unpaired) electrons. The molecule has 2 amide bonds. The maximum Gasteiger partial charge on any atom is 0.317 e. The number of anilines is 1. The number of aryl methyl sites for hydroxylation is 1. The number of piperazine rings is 1. The molecule has 0 aliphatic carbocycles. The van der Waals surface area contributed by atoms with E-state index in [0.717, 1.165) is 49.6 Å². The lowest BCUT2D eigenvalue weighted by Crippen LogP contribution is -2.52. The number of carbonyl (C=O) groups excluding carboxylic acids is 1. The Balaban J connectivity index is 1.35. The van der Waals surface area contributed by atoms with Gasteiger partial charge in [0.25, 0.3) is 0 Å². The fourth-order valence-corrected chi connectivity index (χ4v) is 3.41. The molecule has 25 heavy (non-hydrogen) atoms. The first-order valence-corrected chi connectivity index (χ1v) is 8.70. The van der Waals surface area contributed by atoms with Crippen molar-refractivity contribution in [1.29, 1.82) is 0 Å². The smallest absolute Gasteiger partial charge is 0.317 e. The molecule has 0 saturated carbocycles. The van der Waals surface area contributed by atoms with E-state index in [-0.39, 0.29) is 6.03 Å². The lowest BCUT2D eigenvalue weighted by Gasteiger charge is -2.35. The minimum Gasteiger partial charge on any atom is -0.381 e. The number of hydrogen-bond acceptors (Lipinski definition) is 6. The van der Waals surface area contributed by atoms with Gasteiger partial charge in [0.1, 0.15) is 12.1 Å². The summed E-state index contributed by atoms with van der Waals surface area (Å²) in [5, 5.41) is 8.24. The Kier molecular flexibility index (Phi) is 4.39. The summed E-state index contributed by atoms with van der Waals surface area (Å²) in [6.45, 7) is 5.12. The van der Waals surface area contributed by atoms with Gasteiger partial charge in [-0.05, 0) is 6.42 Å². The Hall–Kier alpha value is -2.42. The highest BCUT2D eigenvalue weighted by atomic mass is 16.5. The number of ether oxygens (including phenoxy) is 1. The molecule has 0 bridgehead atoms. The van der Waals surface area contributed by atoms with Crippen molar-refractivity contribution in [2.45, 2.75) is 6.42 Å². The van der Waals surface area contributed by atoms with Crippen LogP contribution in [0.15, 0.2) is 12.5 Å². The Morgan fingerprint density at radius 1 is 1.32 bits per heavy atom. The molecule has 0 aromatic carbocycles. The highest BCUT2D eigenvalue weighted by molar-refractivity contribution is 5.86. The predicted octanol–water partition coefficient (Wildman–Crippen LogP) is 0.231. The number of amides is 2. The van der Waals surface area contributed by atoms with Crippen molar-refractivity contribution in [1.82, 2.24) is 30.0 Å². The molecule has 4 heterocycles. The standard InChI is InChI=1S/C16H23N7O2/c1-21-14-13(9-20-21)15(19-11-18-14)22-3-5-23(6-4-22)16(24)17-8-12-2-7-25-10-12/h9,11-12H,2-8,10H2,1H3,(H,17,24). The zero-order valence-electron chi connectivity index (χ0n) is 14.4. The third-order valence-electron chi connectivity index (χ3n) is 4.94. The van der Waals surface area contributed by atoms with E-state index in [2.05, 4.69) is 25.3 Å². The van der Waals surface area contributed by atoms with Crippen LogP contribution in [0.3, 0.4) is 0 Å². The van der Waals surface area contributed by atoms with Gasteiger partial charge in [-0.3, -0.25) is 4.68 Å². The van der Waals surface area contributed by atoms with Gasteiger partial charge in [-0.25, -0.2) is 14.8 Å². The lowest BCUT2D eigenvalue weighted by atomic mass is 10.1. The molecule has 2 aliphatic rings. The zero-order valence-corrected chi connectivity index (χ0v) is 14.4. The number of rotatable bonds is 3. The molecule has 9 nitrogen and oxygen atoms in total. The molecular weight excluding hydrogens is 322 g/mol. The second-order valence-corrected chi connectivity index (χ2v) is 6.59. The molecule has 2 fully saturated rings. The van der Waals surface area contributed by atoms with Gasteiger partial charge in [-0.1, -0.05) is 0 Å². The Morgan fingerprint density at radius 3 is 2.92 bits per heavy atom. The van der Waals surface area contributed by atoms with Gasteiger partial charge in [-0.2, -0.15) is 5.10 Å².